The van der Waals surface area contributed by atoms with Gasteiger partial charge in [-0.2, -0.15) is 5.10 Å². The Morgan fingerprint density at radius 1 is 1.45 bits per heavy atom. The minimum Gasteiger partial charge on any atom is -0.444 e. The van der Waals surface area contributed by atoms with Crippen LogP contribution in [0.1, 0.15) is 38.4 Å². The molecule has 0 bridgehead atoms. The summed E-state index contributed by atoms with van der Waals surface area (Å²) in [5, 5.41) is 13.4. The highest BCUT2D eigenvalue weighted by Crippen LogP contribution is 2.25. The van der Waals surface area contributed by atoms with Crippen LogP contribution in [0.25, 0.3) is 5.57 Å². The number of aliphatic hydroxyl groups is 1. The summed E-state index contributed by atoms with van der Waals surface area (Å²) in [5.74, 6) is 0. The molecular formula is C16H25N3O3. The van der Waals surface area contributed by atoms with Crippen molar-refractivity contribution in [1.82, 2.24) is 14.7 Å². The van der Waals surface area contributed by atoms with Crippen molar-refractivity contribution >= 4 is 11.7 Å². The summed E-state index contributed by atoms with van der Waals surface area (Å²) in [6.45, 7) is 9.32. The van der Waals surface area contributed by atoms with Crippen LogP contribution >= 0.6 is 0 Å². The van der Waals surface area contributed by atoms with Crippen LogP contribution in [0.2, 0.25) is 0 Å². The SMILES string of the molecule is Cc1cnn(CCO)c1C1=CCN(C(=O)OC(C)(C)C)CC1. The topological polar surface area (TPSA) is 67.6 Å². The van der Waals surface area contributed by atoms with Gasteiger partial charge in [0.15, 0.2) is 0 Å². The van der Waals surface area contributed by atoms with Crippen LogP contribution in [0.5, 0.6) is 0 Å². The van der Waals surface area contributed by atoms with Crippen molar-refractivity contribution in [3.63, 3.8) is 0 Å². The van der Waals surface area contributed by atoms with Crippen molar-refractivity contribution in [3.8, 4) is 0 Å². The molecule has 0 radical (unpaired) electrons. The molecule has 2 heterocycles. The van der Waals surface area contributed by atoms with Gasteiger partial charge in [-0.15, -0.1) is 0 Å². The van der Waals surface area contributed by atoms with Crippen molar-refractivity contribution in [3.05, 3.63) is 23.5 Å². The summed E-state index contributed by atoms with van der Waals surface area (Å²) in [4.78, 5) is 13.8. The minimum atomic E-state index is -0.475. The predicted octanol–water partition coefficient (Wildman–Crippen LogP) is 2.21. The summed E-state index contributed by atoms with van der Waals surface area (Å²) in [7, 11) is 0. The molecule has 1 N–H and O–H groups in total. The molecule has 22 heavy (non-hydrogen) atoms. The molecule has 0 saturated carbocycles. The van der Waals surface area contributed by atoms with E-state index < -0.39 is 5.60 Å². The quantitative estimate of drug-likeness (QED) is 0.929. The third-order valence-corrected chi connectivity index (χ3v) is 3.50. The number of carbonyl (C=O) groups excluding carboxylic acids is 1. The van der Waals surface area contributed by atoms with E-state index >= 15 is 0 Å². The monoisotopic (exact) mass is 307 g/mol. The number of aromatic nitrogens is 2. The standard InChI is InChI=1S/C16H25N3O3/c1-12-11-17-19(9-10-20)14(12)13-5-7-18(8-6-13)15(21)22-16(2,3)4/h5,11,20H,6-10H2,1-4H3. The fourth-order valence-corrected chi connectivity index (χ4v) is 2.54. The van der Waals surface area contributed by atoms with Crippen molar-refractivity contribution in [1.29, 1.82) is 0 Å². The number of nitrogens with zero attached hydrogens (tertiary/aromatic N) is 3. The van der Waals surface area contributed by atoms with Crippen LogP contribution in [0.15, 0.2) is 12.3 Å². The molecule has 2 rings (SSSR count). The average molecular weight is 307 g/mol. The Labute approximate surface area is 131 Å². The first-order chi connectivity index (χ1) is 10.3. The van der Waals surface area contributed by atoms with Gasteiger partial charge < -0.3 is 14.7 Å². The number of amides is 1. The van der Waals surface area contributed by atoms with Crippen LogP contribution in [0.3, 0.4) is 0 Å². The molecule has 1 aromatic heterocycles. The highest BCUT2D eigenvalue weighted by molar-refractivity contribution is 5.72. The Hall–Kier alpha value is -1.82. The fraction of sp³-hybridized carbons (Fsp3) is 0.625. The zero-order chi connectivity index (χ0) is 16.3. The van der Waals surface area contributed by atoms with Gasteiger partial charge in [-0.1, -0.05) is 6.08 Å². The van der Waals surface area contributed by atoms with Gasteiger partial charge in [0.25, 0.3) is 0 Å². The van der Waals surface area contributed by atoms with E-state index in [-0.39, 0.29) is 12.7 Å². The van der Waals surface area contributed by atoms with E-state index in [1.54, 1.807) is 4.90 Å². The Balaban J connectivity index is 2.09. The third kappa shape index (κ3) is 3.88. The number of aliphatic hydroxyl groups excluding tert-OH is 1. The van der Waals surface area contributed by atoms with Crippen LogP contribution < -0.4 is 0 Å². The van der Waals surface area contributed by atoms with Gasteiger partial charge in [0.1, 0.15) is 5.60 Å². The Bertz CT molecular complexity index is 570. The largest absolute Gasteiger partial charge is 0.444 e. The van der Waals surface area contributed by atoms with E-state index in [0.29, 0.717) is 19.6 Å². The second kappa shape index (κ2) is 6.52. The molecule has 0 aromatic carbocycles. The molecule has 0 atom stereocenters. The molecule has 1 aliphatic rings. The van der Waals surface area contributed by atoms with E-state index in [1.165, 1.54) is 5.57 Å². The first-order valence-corrected chi connectivity index (χ1v) is 7.62. The smallest absolute Gasteiger partial charge is 0.410 e. The van der Waals surface area contributed by atoms with Gasteiger partial charge in [-0.05, 0) is 45.3 Å². The Morgan fingerprint density at radius 3 is 2.73 bits per heavy atom. The molecule has 6 heteroatoms. The Morgan fingerprint density at radius 2 is 2.18 bits per heavy atom. The molecule has 0 spiro atoms. The van der Waals surface area contributed by atoms with Crippen molar-refractivity contribution in [2.75, 3.05) is 19.7 Å². The molecular weight excluding hydrogens is 282 g/mol. The zero-order valence-electron chi connectivity index (χ0n) is 13.8. The summed E-state index contributed by atoms with van der Waals surface area (Å²) >= 11 is 0. The average Bonchev–Trinajstić information content (AvgIpc) is 2.79. The van der Waals surface area contributed by atoms with Crippen molar-refractivity contribution in [2.24, 2.45) is 0 Å². The van der Waals surface area contributed by atoms with Crippen molar-refractivity contribution in [2.45, 2.75) is 46.3 Å². The number of hydrogen-bond donors (Lipinski definition) is 1. The van der Waals surface area contributed by atoms with Gasteiger partial charge in [-0.25, -0.2) is 4.79 Å². The van der Waals surface area contributed by atoms with Crippen LogP contribution in [0.4, 0.5) is 4.79 Å². The van der Waals surface area contributed by atoms with E-state index in [4.69, 9.17) is 9.84 Å². The lowest BCUT2D eigenvalue weighted by Crippen LogP contribution is -2.39. The predicted molar refractivity (Wildman–Crippen MR) is 84.5 cm³/mol. The maximum atomic E-state index is 12.1. The molecule has 6 nitrogen and oxygen atoms in total. The molecule has 0 fully saturated rings. The van der Waals surface area contributed by atoms with E-state index in [9.17, 15) is 4.79 Å². The number of rotatable bonds is 3. The summed E-state index contributed by atoms with van der Waals surface area (Å²) in [5.41, 5.74) is 2.84. The van der Waals surface area contributed by atoms with E-state index in [1.807, 2.05) is 44.6 Å². The normalized spacial score (nSPS) is 15.7. The first-order valence-electron chi connectivity index (χ1n) is 7.62. The number of hydrogen-bond acceptors (Lipinski definition) is 4. The molecule has 1 aliphatic heterocycles. The zero-order valence-corrected chi connectivity index (χ0v) is 13.8. The van der Waals surface area contributed by atoms with Crippen LogP contribution in [-0.4, -0.2) is 51.2 Å². The summed E-state index contributed by atoms with van der Waals surface area (Å²) < 4.78 is 7.22. The van der Waals surface area contributed by atoms with Gasteiger partial charge in [0.2, 0.25) is 0 Å². The minimum absolute atomic E-state index is 0.0609. The second-order valence-corrected chi connectivity index (χ2v) is 6.53. The maximum absolute atomic E-state index is 12.1. The lowest BCUT2D eigenvalue weighted by Gasteiger charge is -2.29. The molecule has 0 aliphatic carbocycles. The van der Waals surface area contributed by atoms with Crippen molar-refractivity contribution < 1.29 is 14.6 Å². The van der Waals surface area contributed by atoms with Gasteiger partial charge >= 0.3 is 6.09 Å². The lowest BCUT2D eigenvalue weighted by atomic mass is 10.0. The molecule has 1 amide bonds. The molecule has 0 saturated heterocycles. The summed E-state index contributed by atoms with van der Waals surface area (Å²) in [6.07, 6.45) is 4.34. The van der Waals surface area contributed by atoms with Gasteiger partial charge in [-0.3, -0.25) is 4.68 Å². The van der Waals surface area contributed by atoms with Crippen LogP contribution in [0, 0.1) is 6.92 Å². The van der Waals surface area contributed by atoms with E-state index in [2.05, 4.69) is 5.10 Å². The maximum Gasteiger partial charge on any atom is 0.410 e. The number of aryl methyl sites for hydroxylation is 1. The molecule has 0 unspecified atom stereocenters. The first kappa shape index (κ1) is 16.5. The number of ether oxygens (including phenoxy) is 1. The third-order valence-electron chi connectivity index (χ3n) is 3.50. The Kier molecular flexibility index (Phi) is 4.90. The van der Waals surface area contributed by atoms with Gasteiger partial charge in [0, 0.05) is 13.1 Å². The fourth-order valence-electron chi connectivity index (χ4n) is 2.54. The lowest BCUT2D eigenvalue weighted by molar-refractivity contribution is 0.0270. The number of carbonyl (C=O) groups is 1. The summed E-state index contributed by atoms with van der Waals surface area (Å²) in [6, 6.07) is 0. The highest BCUT2D eigenvalue weighted by atomic mass is 16.6. The molecule has 122 valence electrons. The van der Waals surface area contributed by atoms with E-state index in [0.717, 1.165) is 17.7 Å². The van der Waals surface area contributed by atoms with Crippen LogP contribution in [-0.2, 0) is 11.3 Å². The molecule has 1 aromatic rings. The second-order valence-electron chi connectivity index (χ2n) is 6.53. The highest BCUT2D eigenvalue weighted by Gasteiger charge is 2.25. The van der Waals surface area contributed by atoms with Gasteiger partial charge in [0.05, 0.1) is 25.0 Å².